The number of fused-ring (bicyclic) bond motifs is 1. The lowest BCUT2D eigenvalue weighted by molar-refractivity contribution is 0.320. The molecule has 4 rings (SSSR count). The van der Waals surface area contributed by atoms with Crippen molar-refractivity contribution < 1.29 is 4.74 Å². The van der Waals surface area contributed by atoms with Crippen molar-refractivity contribution in [3.8, 4) is 5.75 Å². The summed E-state index contributed by atoms with van der Waals surface area (Å²) in [5, 5.41) is 9.53. The van der Waals surface area contributed by atoms with Crippen molar-refractivity contribution in [2.45, 2.75) is 32.2 Å². The largest absolute Gasteiger partial charge is 0.491 e. The summed E-state index contributed by atoms with van der Waals surface area (Å²) >= 11 is 0. The summed E-state index contributed by atoms with van der Waals surface area (Å²) in [7, 11) is 2.01. The van der Waals surface area contributed by atoms with E-state index in [-0.39, 0.29) is 6.04 Å². The van der Waals surface area contributed by atoms with Crippen molar-refractivity contribution in [3.63, 3.8) is 0 Å². The molecule has 0 bridgehead atoms. The van der Waals surface area contributed by atoms with E-state index in [2.05, 4.69) is 39.1 Å². The summed E-state index contributed by atoms with van der Waals surface area (Å²) in [6.45, 7) is 3.83. The monoisotopic (exact) mass is 337 g/mol. The molecule has 0 amide bonds. The lowest BCUT2D eigenvalue weighted by Crippen LogP contribution is -2.25. The Bertz CT molecular complexity index is 875. The molecule has 1 fully saturated rings. The molecule has 2 aromatic heterocycles. The molecule has 0 unspecified atom stereocenters. The van der Waals surface area contributed by atoms with Gasteiger partial charge in [0.1, 0.15) is 17.6 Å². The summed E-state index contributed by atoms with van der Waals surface area (Å²) in [6.07, 6.45) is 6.86. The highest BCUT2D eigenvalue weighted by Gasteiger charge is 2.30. The van der Waals surface area contributed by atoms with Crippen LogP contribution >= 0.6 is 0 Å². The van der Waals surface area contributed by atoms with Gasteiger partial charge in [-0.05, 0) is 31.4 Å². The normalized spacial score (nSPS) is 17.4. The first kappa shape index (κ1) is 15.9. The highest BCUT2D eigenvalue weighted by Crippen LogP contribution is 2.39. The van der Waals surface area contributed by atoms with E-state index < -0.39 is 0 Å². The highest BCUT2D eigenvalue weighted by atomic mass is 16.5. The van der Waals surface area contributed by atoms with Gasteiger partial charge in [-0.15, -0.1) is 10.2 Å². The second-order valence-electron chi connectivity index (χ2n) is 6.48. The summed E-state index contributed by atoms with van der Waals surface area (Å²) in [5.41, 5.74) is 2.12. The van der Waals surface area contributed by atoms with Crippen LogP contribution in [0.4, 0.5) is 5.69 Å². The van der Waals surface area contributed by atoms with Gasteiger partial charge in [0.2, 0.25) is 0 Å². The fourth-order valence-corrected chi connectivity index (χ4v) is 3.63. The SMILES string of the molecule is CCCOc1cccc2c(N3CCC[C@@H]3c3nncn3C)ccnc12. The van der Waals surface area contributed by atoms with E-state index in [9.17, 15) is 0 Å². The molecular weight excluding hydrogens is 314 g/mol. The quantitative estimate of drug-likeness (QED) is 0.713. The van der Waals surface area contributed by atoms with Crippen molar-refractivity contribution in [1.29, 1.82) is 0 Å². The number of benzene rings is 1. The molecule has 25 heavy (non-hydrogen) atoms. The fourth-order valence-electron chi connectivity index (χ4n) is 3.63. The molecule has 130 valence electrons. The summed E-state index contributed by atoms with van der Waals surface area (Å²) in [5.74, 6) is 1.87. The Balaban J connectivity index is 1.77. The van der Waals surface area contributed by atoms with Crippen molar-refractivity contribution >= 4 is 16.6 Å². The van der Waals surface area contributed by atoms with E-state index in [1.54, 1.807) is 6.33 Å². The van der Waals surface area contributed by atoms with Crippen LogP contribution < -0.4 is 9.64 Å². The number of pyridine rings is 1. The van der Waals surface area contributed by atoms with E-state index in [0.29, 0.717) is 6.61 Å². The van der Waals surface area contributed by atoms with Gasteiger partial charge in [-0.2, -0.15) is 0 Å². The van der Waals surface area contributed by atoms with Crippen molar-refractivity contribution in [2.24, 2.45) is 7.05 Å². The highest BCUT2D eigenvalue weighted by molar-refractivity contribution is 5.95. The molecule has 0 N–H and O–H groups in total. The lowest BCUT2D eigenvalue weighted by atomic mass is 10.1. The van der Waals surface area contributed by atoms with Crippen LogP contribution in [0.15, 0.2) is 36.8 Å². The lowest BCUT2D eigenvalue weighted by Gasteiger charge is -2.27. The zero-order valence-electron chi connectivity index (χ0n) is 14.7. The zero-order valence-corrected chi connectivity index (χ0v) is 14.7. The molecule has 6 heteroatoms. The fraction of sp³-hybridized carbons (Fsp3) is 0.421. The second-order valence-corrected chi connectivity index (χ2v) is 6.48. The number of para-hydroxylation sites is 1. The molecule has 1 saturated heterocycles. The topological polar surface area (TPSA) is 56.1 Å². The van der Waals surface area contributed by atoms with Crippen LogP contribution in [0.5, 0.6) is 5.75 Å². The molecule has 0 aliphatic carbocycles. The van der Waals surface area contributed by atoms with Crippen molar-refractivity contribution in [2.75, 3.05) is 18.1 Å². The molecule has 0 saturated carbocycles. The van der Waals surface area contributed by atoms with Crippen molar-refractivity contribution in [3.05, 3.63) is 42.6 Å². The molecule has 1 aromatic carbocycles. The van der Waals surface area contributed by atoms with Gasteiger partial charge in [-0.3, -0.25) is 4.98 Å². The number of aryl methyl sites for hydroxylation is 1. The number of nitrogens with zero attached hydrogens (tertiary/aromatic N) is 5. The summed E-state index contributed by atoms with van der Waals surface area (Å²) < 4.78 is 7.91. The first-order valence-corrected chi connectivity index (χ1v) is 8.90. The van der Waals surface area contributed by atoms with Crippen LogP contribution in [0.2, 0.25) is 0 Å². The van der Waals surface area contributed by atoms with Gasteiger partial charge in [0, 0.05) is 30.9 Å². The van der Waals surface area contributed by atoms with Crippen LogP contribution in [0.1, 0.15) is 38.1 Å². The molecule has 0 radical (unpaired) electrons. The van der Waals surface area contributed by atoms with Crippen LogP contribution in [0.25, 0.3) is 10.9 Å². The minimum Gasteiger partial charge on any atom is -0.491 e. The summed E-state index contributed by atoms with van der Waals surface area (Å²) in [6, 6.07) is 8.52. The number of ether oxygens (including phenoxy) is 1. The van der Waals surface area contributed by atoms with Gasteiger partial charge in [0.25, 0.3) is 0 Å². The third-order valence-electron chi connectivity index (χ3n) is 4.78. The Morgan fingerprint density at radius 1 is 1.28 bits per heavy atom. The Hall–Kier alpha value is -2.63. The van der Waals surface area contributed by atoms with Crippen LogP contribution in [0.3, 0.4) is 0 Å². The van der Waals surface area contributed by atoms with E-state index in [4.69, 9.17) is 4.74 Å². The van der Waals surface area contributed by atoms with Crippen LogP contribution in [0, 0.1) is 0 Å². The summed E-state index contributed by atoms with van der Waals surface area (Å²) in [4.78, 5) is 7.01. The minimum atomic E-state index is 0.248. The third kappa shape index (κ3) is 2.81. The first-order chi connectivity index (χ1) is 12.3. The molecular formula is C19H23N5O. The predicted octanol–water partition coefficient (Wildman–Crippen LogP) is 3.49. The van der Waals surface area contributed by atoms with Gasteiger partial charge in [-0.1, -0.05) is 19.1 Å². The maximum atomic E-state index is 5.90. The molecule has 0 spiro atoms. The van der Waals surface area contributed by atoms with E-state index in [1.165, 1.54) is 5.69 Å². The second kappa shape index (κ2) is 6.70. The van der Waals surface area contributed by atoms with Crippen molar-refractivity contribution in [1.82, 2.24) is 19.7 Å². The minimum absolute atomic E-state index is 0.248. The van der Waals surface area contributed by atoms with E-state index >= 15 is 0 Å². The molecule has 6 nitrogen and oxygen atoms in total. The Morgan fingerprint density at radius 2 is 2.20 bits per heavy atom. The standard InChI is InChI=1S/C19H23N5O/c1-3-12-25-17-8-4-6-14-15(9-10-20-18(14)17)24-11-5-7-16(24)19-22-21-13-23(19)2/h4,6,8-10,13,16H,3,5,7,11-12H2,1-2H3/t16-/m1/s1. The smallest absolute Gasteiger partial charge is 0.155 e. The Morgan fingerprint density at radius 3 is 3.00 bits per heavy atom. The van der Waals surface area contributed by atoms with E-state index in [0.717, 1.165) is 48.3 Å². The number of anilines is 1. The predicted molar refractivity (Wildman–Crippen MR) is 97.9 cm³/mol. The maximum Gasteiger partial charge on any atom is 0.155 e. The van der Waals surface area contributed by atoms with Gasteiger partial charge in [0.15, 0.2) is 5.82 Å². The molecule has 3 aromatic rings. The average Bonchev–Trinajstić information content (AvgIpc) is 3.27. The molecule has 3 heterocycles. The number of rotatable bonds is 5. The Labute approximate surface area is 147 Å². The van der Waals surface area contributed by atoms with Gasteiger partial charge in [-0.25, -0.2) is 0 Å². The number of aromatic nitrogens is 4. The number of hydrogen-bond donors (Lipinski definition) is 0. The van der Waals surface area contributed by atoms with Crippen LogP contribution in [-0.4, -0.2) is 32.9 Å². The maximum absolute atomic E-state index is 5.90. The Kier molecular flexibility index (Phi) is 4.26. The average molecular weight is 337 g/mol. The van der Waals surface area contributed by atoms with E-state index in [1.807, 2.05) is 29.9 Å². The van der Waals surface area contributed by atoms with Gasteiger partial charge in [0.05, 0.1) is 12.6 Å². The third-order valence-corrected chi connectivity index (χ3v) is 4.78. The zero-order chi connectivity index (χ0) is 17.2. The first-order valence-electron chi connectivity index (χ1n) is 8.90. The van der Waals surface area contributed by atoms with Gasteiger partial charge >= 0.3 is 0 Å². The molecule has 1 aliphatic rings. The van der Waals surface area contributed by atoms with Gasteiger partial charge < -0.3 is 14.2 Å². The van der Waals surface area contributed by atoms with Crippen LogP contribution in [-0.2, 0) is 7.05 Å². The molecule has 1 aliphatic heterocycles. The number of hydrogen-bond acceptors (Lipinski definition) is 5. The molecule has 1 atom stereocenters.